The maximum absolute atomic E-state index is 11.5. The molecular weight excluding hydrogens is 306 g/mol. The van der Waals surface area contributed by atoms with Gasteiger partial charge in [0, 0.05) is 17.8 Å². The SMILES string of the molecule is CCn1nc(C)c(-c2cc(C(=O)O)n3ncc(Cl)c3n2)c1C. The molecule has 3 aromatic heterocycles. The molecule has 7 nitrogen and oxygen atoms in total. The van der Waals surface area contributed by atoms with Gasteiger partial charge in [0.25, 0.3) is 0 Å². The van der Waals surface area contributed by atoms with E-state index in [-0.39, 0.29) is 5.69 Å². The number of fused-ring (bicyclic) bond motifs is 1. The zero-order valence-electron chi connectivity index (χ0n) is 12.3. The fourth-order valence-corrected chi connectivity index (χ4v) is 2.76. The van der Waals surface area contributed by atoms with Crippen molar-refractivity contribution >= 4 is 23.2 Å². The molecule has 0 atom stereocenters. The van der Waals surface area contributed by atoms with E-state index >= 15 is 0 Å². The Hall–Kier alpha value is -2.41. The van der Waals surface area contributed by atoms with E-state index in [1.807, 2.05) is 25.5 Å². The molecule has 0 aliphatic rings. The van der Waals surface area contributed by atoms with Crippen molar-refractivity contribution in [2.75, 3.05) is 0 Å². The summed E-state index contributed by atoms with van der Waals surface area (Å²) in [5.41, 5.74) is 3.41. The molecule has 0 aliphatic heterocycles. The summed E-state index contributed by atoms with van der Waals surface area (Å²) >= 11 is 6.06. The Morgan fingerprint density at radius 3 is 2.73 bits per heavy atom. The Bertz CT molecular complexity index is 896. The van der Waals surface area contributed by atoms with Crippen molar-refractivity contribution in [3.8, 4) is 11.3 Å². The molecule has 0 bridgehead atoms. The molecule has 22 heavy (non-hydrogen) atoms. The summed E-state index contributed by atoms with van der Waals surface area (Å²) in [6.45, 7) is 6.53. The number of carboxylic acid groups (broad SMARTS) is 1. The lowest BCUT2D eigenvalue weighted by Gasteiger charge is -2.06. The average Bonchev–Trinajstić information content (AvgIpc) is 2.98. The number of aromatic carboxylic acids is 1. The summed E-state index contributed by atoms with van der Waals surface area (Å²) in [4.78, 5) is 16.0. The molecule has 0 spiro atoms. The van der Waals surface area contributed by atoms with Crippen molar-refractivity contribution in [1.29, 1.82) is 0 Å². The van der Waals surface area contributed by atoms with Crippen LogP contribution in [0, 0.1) is 13.8 Å². The van der Waals surface area contributed by atoms with Crippen LogP contribution in [0.25, 0.3) is 16.9 Å². The van der Waals surface area contributed by atoms with Crippen LogP contribution in [0.15, 0.2) is 12.3 Å². The van der Waals surface area contributed by atoms with Crippen molar-refractivity contribution in [3.05, 3.63) is 34.4 Å². The van der Waals surface area contributed by atoms with Gasteiger partial charge in [0.1, 0.15) is 5.02 Å². The van der Waals surface area contributed by atoms with Crippen LogP contribution in [0.2, 0.25) is 5.02 Å². The molecule has 3 rings (SSSR count). The minimum absolute atomic E-state index is 0.00921. The van der Waals surface area contributed by atoms with Crippen LogP contribution in [0.4, 0.5) is 0 Å². The van der Waals surface area contributed by atoms with Crippen LogP contribution in [0.5, 0.6) is 0 Å². The first-order chi connectivity index (χ1) is 10.4. The van der Waals surface area contributed by atoms with Crippen molar-refractivity contribution in [1.82, 2.24) is 24.4 Å². The molecule has 0 saturated heterocycles. The van der Waals surface area contributed by atoms with E-state index in [4.69, 9.17) is 11.6 Å². The third kappa shape index (κ3) is 2.05. The Balaban J connectivity index is 2.34. The van der Waals surface area contributed by atoms with Gasteiger partial charge in [-0.15, -0.1) is 0 Å². The van der Waals surface area contributed by atoms with E-state index in [0.29, 0.717) is 16.4 Å². The fourth-order valence-electron chi connectivity index (χ4n) is 2.59. The summed E-state index contributed by atoms with van der Waals surface area (Å²) in [6, 6.07) is 1.50. The number of aryl methyl sites for hydroxylation is 2. The molecule has 1 N–H and O–H groups in total. The van der Waals surface area contributed by atoms with Crippen molar-refractivity contribution in [2.24, 2.45) is 0 Å². The highest BCUT2D eigenvalue weighted by Crippen LogP contribution is 2.28. The minimum atomic E-state index is -1.09. The monoisotopic (exact) mass is 319 g/mol. The maximum atomic E-state index is 11.5. The summed E-state index contributed by atoms with van der Waals surface area (Å²) in [5, 5.41) is 18.1. The Labute approximate surface area is 131 Å². The summed E-state index contributed by atoms with van der Waals surface area (Å²) < 4.78 is 3.08. The maximum Gasteiger partial charge on any atom is 0.354 e. The molecular formula is C14H14ClN5O2. The van der Waals surface area contributed by atoms with Gasteiger partial charge in [-0.25, -0.2) is 14.3 Å². The van der Waals surface area contributed by atoms with Crippen LogP contribution in [0.1, 0.15) is 28.8 Å². The van der Waals surface area contributed by atoms with Crippen LogP contribution >= 0.6 is 11.6 Å². The van der Waals surface area contributed by atoms with Gasteiger partial charge in [-0.3, -0.25) is 4.68 Å². The van der Waals surface area contributed by atoms with Crippen LogP contribution < -0.4 is 0 Å². The number of hydrogen-bond acceptors (Lipinski definition) is 4. The van der Waals surface area contributed by atoms with E-state index in [1.165, 1.54) is 16.8 Å². The highest BCUT2D eigenvalue weighted by Gasteiger charge is 2.20. The lowest BCUT2D eigenvalue weighted by molar-refractivity contribution is 0.0687. The molecule has 0 fully saturated rings. The normalized spacial score (nSPS) is 11.3. The first kappa shape index (κ1) is 14.5. The van der Waals surface area contributed by atoms with E-state index in [2.05, 4.69) is 15.2 Å². The first-order valence-electron chi connectivity index (χ1n) is 6.76. The van der Waals surface area contributed by atoms with Gasteiger partial charge in [0.15, 0.2) is 11.3 Å². The number of halogens is 1. The Morgan fingerprint density at radius 2 is 2.14 bits per heavy atom. The lowest BCUT2D eigenvalue weighted by atomic mass is 10.1. The first-order valence-corrected chi connectivity index (χ1v) is 7.13. The van der Waals surface area contributed by atoms with E-state index < -0.39 is 5.97 Å². The second-order valence-electron chi connectivity index (χ2n) is 4.92. The smallest absolute Gasteiger partial charge is 0.354 e. The van der Waals surface area contributed by atoms with Crippen molar-refractivity contribution in [2.45, 2.75) is 27.3 Å². The molecule has 0 unspecified atom stereocenters. The third-order valence-electron chi connectivity index (χ3n) is 3.59. The number of rotatable bonds is 3. The molecule has 8 heteroatoms. The van der Waals surface area contributed by atoms with Gasteiger partial charge in [0.05, 0.1) is 17.6 Å². The highest BCUT2D eigenvalue weighted by atomic mass is 35.5. The van der Waals surface area contributed by atoms with Crippen LogP contribution in [-0.2, 0) is 6.54 Å². The second-order valence-corrected chi connectivity index (χ2v) is 5.33. The minimum Gasteiger partial charge on any atom is -0.477 e. The molecule has 0 radical (unpaired) electrons. The Kier molecular flexibility index (Phi) is 3.37. The largest absolute Gasteiger partial charge is 0.477 e. The quantitative estimate of drug-likeness (QED) is 0.802. The van der Waals surface area contributed by atoms with Crippen molar-refractivity contribution < 1.29 is 9.90 Å². The van der Waals surface area contributed by atoms with E-state index in [9.17, 15) is 9.90 Å². The molecule has 114 valence electrons. The van der Waals surface area contributed by atoms with Gasteiger partial charge >= 0.3 is 5.97 Å². The third-order valence-corrected chi connectivity index (χ3v) is 3.85. The van der Waals surface area contributed by atoms with Crippen molar-refractivity contribution in [3.63, 3.8) is 0 Å². The second kappa shape index (κ2) is 5.10. The molecule has 0 aliphatic carbocycles. The van der Waals surface area contributed by atoms with Gasteiger partial charge < -0.3 is 5.11 Å². The number of hydrogen-bond donors (Lipinski definition) is 1. The number of nitrogens with zero attached hydrogens (tertiary/aromatic N) is 5. The zero-order chi connectivity index (χ0) is 16.0. The van der Waals surface area contributed by atoms with Gasteiger partial charge in [-0.05, 0) is 26.8 Å². The van der Waals surface area contributed by atoms with E-state index in [0.717, 1.165) is 23.5 Å². The Morgan fingerprint density at radius 1 is 1.41 bits per heavy atom. The molecule has 0 saturated carbocycles. The van der Waals surface area contributed by atoms with Crippen LogP contribution in [-0.4, -0.2) is 35.5 Å². The summed E-state index contributed by atoms with van der Waals surface area (Å²) in [7, 11) is 0. The average molecular weight is 320 g/mol. The number of carboxylic acids is 1. The zero-order valence-corrected chi connectivity index (χ0v) is 13.1. The van der Waals surface area contributed by atoms with Gasteiger partial charge in [0.2, 0.25) is 0 Å². The highest BCUT2D eigenvalue weighted by molar-refractivity contribution is 6.33. The summed E-state index contributed by atoms with van der Waals surface area (Å²) in [6.07, 6.45) is 1.38. The summed E-state index contributed by atoms with van der Waals surface area (Å²) in [5.74, 6) is -1.09. The fraction of sp³-hybridized carbons (Fsp3) is 0.286. The molecule has 3 aromatic rings. The number of carbonyl (C=O) groups is 1. The lowest BCUT2D eigenvalue weighted by Crippen LogP contribution is -2.08. The standard InChI is InChI=1S/C14H14ClN5O2/c1-4-19-8(3)12(7(2)18-19)10-5-11(14(21)22)20-13(17-10)9(15)6-16-20/h5-6H,4H2,1-3H3,(H,21,22). The predicted molar refractivity (Wildman–Crippen MR) is 81.3 cm³/mol. The molecule has 3 heterocycles. The van der Waals surface area contributed by atoms with Gasteiger partial charge in [-0.1, -0.05) is 11.6 Å². The number of aromatic nitrogens is 5. The van der Waals surface area contributed by atoms with Crippen LogP contribution in [0.3, 0.4) is 0 Å². The molecule has 0 aromatic carbocycles. The predicted octanol–water partition coefficient (Wildman–Crippen LogP) is 2.58. The topological polar surface area (TPSA) is 85.3 Å². The molecule has 0 amide bonds. The van der Waals surface area contributed by atoms with Gasteiger partial charge in [-0.2, -0.15) is 10.2 Å². The van der Waals surface area contributed by atoms with E-state index in [1.54, 1.807) is 0 Å².